The fourth-order valence-electron chi connectivity index (χ4n) is 4.50. The number of piperazine rings is 1. The van der Waals surface area contributed by atoms with Crippen molar-refractivity contribution in [3.8, 4) is 5.75 Å². The molecule has 1 unspecified atom stereocenters. The molecule has 1 atom stereocenters. The Morgan fingerprint density at radius 3 is 2.39 bits per heavy atom. The predicted octanol–water partition coefficient (Wildman–Crippen LogP) is 4.56. The Bertz CT molecular complexity index is 1510. The Morgan fingerprint density at radius 2 is 1.78 bits per heavy atom. The van der Waals surface area contributed by atoms with E-state index >= 15 is 0 Å². The molecule has 0 radical (unpaired) electrons. The van der Waals surface area contributed by atoms with Gasteiger partial charge in [0, 0.05) is 38.3 Å². The summed E-state index contributed by atoms with van der Waals surface area (Å²) in [6.45, 7) is 9.66. The van der Waals surface area contributed by atoms with Gasteiger partial charge >= 0.3 is 11.7 Å². The third kappa shape index (κ3) is 7.80. The number of benzene rings is 2. The van der Waals surface area contributed by atoms with Crippen LogP contribution in [0, 0.1) is 14.1 Å². The van der Waals surface area contributed by atoms with Gasteiger partial charge < -0.3 is 29.4 Å². The monoisotopic (exact) mass is 789 g/mol. The van der Waals surface area contributed by atoms with Crippen molar-refractivity contribution < 1.29 is 23.8 Å². The van der Waals surface area contributed by atoms with E-state index in [1.165, 1.54) is 0 Å². The highest BCUT2D eigenvalue weighted by molar-refractivity contribution is 14.1. The van der Waals surface area contributed by atoms with Crippen LogP contribution in [0.15, 0.2) is 33.5 Å². The summed E-state index contributed by atoms with van der Waals surface area (Å²) in [7, 11) is 2.02. The van der Waals surface area contributed by atoms with Gasteiger partial charge in [-0.05, 0) is 115 Å². The van der Waals surface area contributed by atoms with Gasteiger partial charge in [-0.2, -0.15) is 4.98 Å². The molecule has 0 saturated carbocycles. The number of phenols is 1. The number of nitrogens with zero attached hydrogens (tertiary/aromatic N) is 3. The normalized spacial score (nSPS) is 15.0. The minimum absolute atomic E-state index is 0.0783. The van der Waals surface area contributed by atoms with E-state index in [4.69, 9.17) is 9.15 Å². The SMILES string of the molecule is Cc1c(NC(=O)OC(C)(C)C)ccc2nc(NC(Cc3cc(I)c(O)c(I)c3)C(=O)N3CCN(C)CC3)oc(=O)c12. The molecule has 1 aliphatic rings. The van der Waals surface area contributed by atoms with Crippen LogP contribution in [0.1, 0.15) is 31.9 Å². The Morgan fingerprint density at radius 1 is 1.15 bits per heavy atom. The van der Waals surface area contributed by atoms with Gasteiger partial charge in [-0.3, -0.25) is 10.1 Å². The van der Waals surface area contributed by atoms with Crippen LogP contribution in [-0.2, 0) is 16.0 Å². The van der Waals surface area contributed by atoms with Crippen LogP contribution < -0.4 is 16.3 Å². The van der Waals surface area contributed by atoms with Crippen molar-refractivity contribution in [3.05, 3.63) is 53.0 Å². The maximum atomic E-state index is 13.7. The first-order chi connectivity index (χ1) is 19.2. The Labute approximate surface area is 265 Å². The zero-order valence-corrected chi connectivity index (χ0v) is 27.8. The number of aryl methyl sites for hydroxylation is 1. The third-order valence-electron chi connectivity index (χ3n) is 6.62. The molecule has 41 heavy (non-hydrogen) atoms. The molecule has 220 valence electrons. The molecule has 0 aliphatic carbocycles. The number of fused-ring (bicyclic) bond motifs is 1. The molecule has 11 nitrogen and oxygen atoms in total. The Hall–Kier alpha value is -2.66. The van der Waals surface area contributed by atoms with E-state index in [1.807, 2.05) is 19.2 Å². The van der Waals surface area contributed by atoms with Gasteiger partial charge in [0.1, 0.15) is 17.4 Å². The van der Waals surface area contributed by atoms with Crippen LogP contribution in [0.5, 0.6) is 5.75 Å². The summed E-state index contributed by atoms with van der Waals surface area (Å²) >= 11 is 4.12. The zero-order chi connectivity index (χ0) is 30.1. The fraction of sp³-hybridized carbons (Fsp3) is 0.429. The second-order valence-electron chi connectivity index (χ2n) is 11.0. The summed E-state index contributed by atoms with van der Waals surface area (Å²) in [6.07, 6.45) is -0.349. The lowest BCUT2D eigenvalue weighted by Gasteiger charge is -2.34. The quantitative estimate of drug-likeness (QED) is 0.308. The van der Waals surface area contributed by atoms with Crippen molar-refractivity contribution in [2.45, 2.75) is 45.8 Å². The molecule has 13 heteroatoms. The number of aromatic hydroxyl groups is 1. The van der Waals surface area contributed by atoms with Gasteiger partial charge in [-0.25, -0.2) is 9.59 Å². The zero-order valence-electron chi connectivity index (χ0n) is 23.5. The van der Waals surface area contributed by atoms with Crippen LogP contribution >= 0.6 is 45.2 Å². The maximum Gasteiger partial charge on any atom is 0.412 e. The molecule has 0 bridgehead atoms. The molecule has 2 heterocycles. The summed E-state index contributed by atoms with van der Waals surface area (Å²) in [5.41, 5.74) is 0.761. The molecule has 1 saturated heterocycles. The number of anilines is 2. The van der Waals surface area contributed by atoms with Crippen molar-refractivity contribution >= 4 is 79.8 Å². The molecule has 0 spiro atoms. The fourth-order valence-corrected chi connectivity index (χ4v) is 6.39. The van der Waals surface area contributed by atoms with Crippen LogP contribution in [0.4, 0.5) is 16.5 Å². The van der Waals surface area contributed by atoms with Crippen molar-refractivity contribution in [1.82, 2.24) is 14.8 Å². The number of ether oxygens (including phenoxy) is 1. The average Bonchev–Trinajstić information content (AvgIpc) is 2.87. The molecule has 2 aromatic carbocycles. The number of amides is 2. The lowest BCUT2D eigenvalue weighted by atomic mass is 10.0. The maximum absolute atomic E-state index is 13.7. The number of rotatable bonds is 6. The summed E-state index contributed by atoms with van der Waals surface area (Å²) in [5.74, 6) is 0.0665. The van der Waals surface area contributed by atoms with Crippen LogP contribution in [-0.4, -0.2) is 76.8 Å². The molecule has 2 amide bonds. The van der Waals surface area contributed by atoms with E-state index < -0.39 is 23.4 Å². The van der Waals surface area contributed by atoms with Gasteiger partial charge in [0.25, 0.3) is 6.01 Å². The van der Waals surface area contributed by atoms with Crippen molar-refractivity contribution in [2.24, 2.45) is 0 Å². The van der Waals surface area contributed by atoms with Crippen LogP contribution in [0.3, 0.4) is 0 Å². The highest BCUT2D eigenvalue weighted by Gasteiger charge is 2.29. The summed E-state index contributed by atoms with van der Waals surface area (Å²) in [4.78, 5) is 47.6. The number of carbonyl (C=O) groups is 2. The second-order valence-corrected chi connectivity index (χ2v) is 13.3. The molecule has 1 fully saturated rings. The second kappa shape index (κ2) is 12.7. The molecule has 1 aliphatic heterocycles. The van der Waals surface area contributed by atoms with E-state index in [1.54, 1.807) is 44.7 Å². The summed E-state index contributed by atoms with van der Waals surface area (Å²) in [6, 6.07) is 6.07. The van der Waals surface area contributed by atoms with Crippen LogP contribution in [0.2, 0.25) is 0 Å². The first kappa shape index (κ1) is 31.3. The molecule has 1 aromatic heterocycles. The minimum atomic E-state index is -0.767. The van der Waals surface area contributed by atoms with E-state index in [2.05, 4.69) is 65.7 Å². The summed E-state index contributed by atoms with van der Waals surface area (Å²) < 4.78 is 12.2. The Kier molecular flexibility index (Phi) is 9.68. The number of hydrogen-bond acceptors (Lipinski definition) is 9. The largest absolute Gasteiger partial charge is 0.506 e. The van der Waals surface area contributed by atoms with Gasteiger partial charge in [0.15, 0.2) is 0 Å². The van der Waals surface area contributed by atoms with Gasteiger partial charge in [-0.15, -0.1) is 0 Å². The van der Waals surface area contributed by atoms with E-state index in [9.17, 15) is 19.5 Å². The summed E-state index contributed by atoms with van der Waals surface area (Å²) in [5, 5.41) is 16.2. The lowest BCUT2D eigenvalue weighted by molar-refractivity contribution is -0.133. The van der Waals surface area contributed by atoms with Gasteiger partial charge in [0.2, 0.25) is 5.91 Å². The smallest absolute Gasteiger partial charge is 0.412 e. The van der Waals surface area contributed by atoms with Crippen molar-refractivity contribution in [1.29, 1.82) is 0 Å². The number of aromatic nitrogens is 1. The minimum Gasteiger partial charge on any atom is -0.506 e. The first-order valence-corrected chi connectivity index (χ1v) is 15.2. The van der Waals surface area contributed by atoms with Crippen molar-refractivity contribution in [3.63, 3.8) is 0 Å². The number of hydrogen-bond donors (Lipinski definition) is 3. The van der Waals surface area contributed by atoms with Crippen LogP contribution in [0.25, 0.3) is 10.9 Å². The highest BCUT2D eigenvalue weighted by atomic mass is 127. The van der Waals surface area contributed by atoms with Gasteiger partial charge in [-0.1, -0.05) is 0 Å². The highest BCUT2D eigenvalue weighted by Crippen LogP contribution is 2.29. The van der Waals surface area contributed by atoms with Crippen molar-refractivity contribution in [2.75, 3.05) is 43.9 Å². The molecule has 3 N–H and O–H groups in total. The van der Waals surface area contributed by atoms with Gasteiger partial charge in [0.05, 0.1) is 18.0 Å². The number of phenolic OH excluding ortho intramolecular Hbond substituents is 1. The number of carbonyl (C=O) groups excluding carboxylic acids is 2. The topological polar surface area (TPSA) is 137 Å². The lowest BCUT2D eigenvalue weighted by Crippen LogP contribution is -2.52. The van der Waals surface area contributed by atoms with E-state index in [0.29, 0.717) is 43.4 Å². The molecular formula is C28H33I2N5O6. The Balaban J connectivity index is 1.64. The number of nitrogens with one attached hydrogen (secondary N) is 2. The van der Waals surface area contributed by atoms with E-state index in [-0.39, 0.29) is 23.1 Å². The predicted molar refractivity (Wildman–Crippen MR) is 174 cm³/mol. The average molecular weight is 789 g/mol. The first-order valence-electron chi connectivity index (χ1n) is 13.1. The molecule has 3 aromatic rings. The number of likely N-dealkylation sites (N-methyl/N-ethyl adjacent to an activating group) is 1. The molecule has 4 rings (SSSR count). The number of halogens is 2. The van der Waals surface area contributed by atoms with E-state index in [0.717, 1.165) is 18.7 Å². The standard InChI is InChI=1S/C28H33I2N5O6/c1-15-19(33-27(39)41-28(2,3)4)6-7-20-22(15)25(38)40-26(31-20)32-21(24(37)35-10-8-34(5)9-11-35)14-16-12-17(29)23(36)18(30)13-16/h6-7,12-13,21,36H,8-11,14H2,1-5H3,(H,31,32)(H,33,39). The third-order valence-corrected chi connectivity index (χ3v) is 8.27. The molecular weight excluding hydrogens is 756 g/mol.